The van der Waals surface area contributed by atoms with Crippen LogP contribution in [0.1, 0.15) is 50.4 Å². The van der Waals surface area contributed by atoms with E-state index in [-0.39, 0.29) is 17.7 Å². The van der Waals surface area contributed by atoms with Crippen molar-refractivity contribution in [1.29, 1.82) is 0 Å². The fourth-order valence-electron chi connectivity index (χ4n) is 3.72. The maximum Gasteiger partial charge on any atom is 0.572 e. The number of halogens is 3. The number of alkyl halides is 3. The zero-order chi connectivity index (χ0) is 19.7. The van der Waals surface area contributed by atoms with Crippen molar-refractivity contribution < 1.29 is 22.7 Å². The summed E-state index contributed by atoms with van der Waals surface area (Å²) in [5.74, 6) is -0.215. The molecule has 2 saturated heterocycles. The van der Waals surface area contributed by atoms with Crippen LogP contribution < -0.4 is 10.6 Å². The molecule has 1 spiro atoms. The van der Waals surface area contributed by atoms with Gasteiger partial charge in [0.05, 0.1) is 11.7 Å². The average molecular weight is 381 g/mol. The lowest BCUT2D eigenvalue weighted by Crippen LogP contribution is -2.47. The summed E-state index contributed by atoms with van der Waals surface area (Å²) >= 11 is 0. The van der Waals surface area contributed by atoms with Crippen molar-refractivity contribution in [3.8, 4) is 0 Å². The van der Waals surface area contributed by atoms with Crippen LogP contribution in [-0.4, -0.2) is 29.3 Å². The van der Waals surface area contributed by atoms with E-state index in [4.69, 9.17) is 0 Å². The molecule has 2 fully saturated rings. The van der Waals surface area contributed by atoms with E-state index in [9.17, 15) is 18.0 Å². The zero-order valence-corrected chi connectivity index (χ0v) is 15.2. The lowest BCUT2D eigenvalue weighted by atomic mass is 9.96. The molecule has 1 amide bonds. The fraction of sp³-hybridized carbons (Fsp3) is 0.474. The summed E-state index contributed by atoms with van der Waals surface area (Å²) in [5.41, 5.74) is 1.59. The first kappa shape index (κ1) is 19.4. The largest absolute Gasteiger partial charge is 0.572 e. The Hall–Kier alpha value is -2.35. The molecule has 0 bridgehead atoms. The number of aromatic nitrogens is 1. The van der Waals surface area contributed by atoms with Gasteiger partial charge in [-0.1, -0.05) is 6.08 Å². The van der Waals surface area contributed by atoms with Crippen molar-refractivity contribution in [3.63, 3.8) is 0 Å². The van der Waals surface area contributed by atoms with Crippen molar-refractivity contribution in [2.24, 2.45) is 0 Å². The Labute approximate surface area is 155 Å². The maximum absolute atomic E-state index is 12.4. The van der Waals surface area contributed by atoms with Gasteiger partial charge in [-0.25, -0.2) is 0 Å². The number of carbonyl (C=O) groups is 1. The van der Waals surface area contributed by atoms with Gasteiger partial charge < -0.3 is 10.1 Å². The highest BCUT2D eigenvalue weighted by molar-refractivity contribution is 5.88. The number of amides is 1. The Morgan fingerprint density at radius 1 is 1.41 bits per heavy atom. The third-order valence-electron chi connectivity index (χ3n) is 5.00. The summed E-state index contributed by atoms with van der Waals surface area (Å²) in [6.45, 7) is 3.68. The third-order valence-corrected chi connectivity index (χ3v) is 5.00. The van der Waals surface area contributed by atoms with Gasteiger partial charge in [0.15, 0.2) is 0 Å². The topological polar surface area (TPSA) is 63.2 Å². The number of rotatable bonds is 4. The van der Waals surface area contributed by atoms with Gasteiger partial charge in [-0.2, -0.15) is 0 Å². The Morgan fingerprint density at radius 3 is 2.81 bits per heavy atom. The minimum absolute atomic E-state index is 0.0261. The molecule has 0 radical (unpaired) electrons. The van der Waals surface area contributed by atoms with Crippen molar-refractivity contribution in [1.82, 2.24) is 15.6 Å². The SMILES string of the molecule is CC=C(C=C(C)OC(F)(F)F)c1ccnc(C2CCC3(CCNC3=O)N2)c1. The van der Waals surface area contributed by atoms with Gasteiger partial charge in [-0.15, -0.1) is 13.2 Å². The average Bonchev–Trinajstić information content (AvgIpc) is 3.19. The van der Waals surface area contributed by atoms with Crippen LogP contribution in [-0.2, 0) is 9.53 Å². The minimum atomic E-state index is -4.72. The van der Waals surface area contributed by atoms with Gasteiger partial charge in [0, 0.05) is 12.7 Å². The number of allylic oxidation sites excluding steroid dienone is 4. The molecule has 146 valence electrons. The van der Waals surface area contributed by atoms with Crippen LogP contribution in [0.2, 0.25) is 0 Å². The smallest absolute Gasteiger partial charge is 0.411 e. The van der Waals surface area contributed by atoms with Gasteiger partial charge in [0.2, 0.25) is 5.91 Å². The molecular weight excluding hydrogens is 359 g/mol. The van der Waals surface area contributed by atoms with E-state index in [1.165, 1.54) is 13.0 Å². The van der Waals surface area contributed by atoms with E-state index in [0.29, 0.717) is 12.1 Å². The predicted molar refractivity (Wildman–Crippen MR) is 94.3 cm³/mol. The first-order valence-electron chi connectivity index (χ1n) is 8.85. The minimum Gasteiger partial charge on any atom is -0.411 e. The van der Waals surface area contributed by atoms with Crippen LogP contribution in [0.5, 0.6) is 0 Å². The van der Waals surface area contributed by atoms with E-state index in [1.807, 2.05) is 6.07 Å². The van der Waals surface area contributed by atoms with Gasteiger partial charge in [0.25, 0.3) is 0 Å². The Balaban J connectivity index is 1.79. The molecule has 2 aliphatic heterocycles. The summed E-state index contributed by atoms with van der Waals surface area (Å²) in [7, 11) is 0. The molecular formula is C19H22F3N3O2. The molecule has 0 aromatic carbocycles. The fourth-order valence-corrected chi connectivity index (χ4v) is 3.72. The van der Waals surface area contributed by atoms with E-state index >= 15 is 0 Å². The van der Waals surface area contributed by atoms with Crippen LogP contribution in [0.4, 0.5) is 13.2 Å². The number of nitrogens with one attached hydrogen (secondary N) is 2. The number of ether oxygens (including phenoxy) is 1. The first-order valence-corrected chi connectivity index (χ1v) is 8.85. The highest BCUT2D eigenvalue weighted by Gasteiger charge is 2.48. The van der Waals surface area contributed by atoms with Gasteiger partial charge in [0.1, 0.15) is 11.3 Å². The van der Waals surface area contributed by atoms with E-state index in [1.54, 1.807) is 25.3 Å². The van der Waals surface area contributed by atoms with E-state index < -0.39 is 11.9 Å². The van der Waals surface area contributed by atoms with Gasteiger partial charge >= 0.3 is 6.36 Å². The van der Waals surface area contributed by atoms with Gasteiger partial charge in [-0.3, -0.25) is 15.1 Å². The summed E-state index contributed by atoms with van der Waals surface area (Å²) in [4.78, 5) is 16.5. The first-order chi connectivity index (χ1) is 12.7. The summed E-state index contributed by atoms with van der Waals surface area (Å²) in [6.07, 6.45) is 2.25. The summed E-state index contributed by atoms with van der Waals surface area (Å²) in [6, 6.07) is 3.52. The molecule has 1 aromatic rings. The quantitative estimate of drug-likeness (QED) is 0.618. The molecule has 0 aliphatic carbocycles. The van der Waals surface area contributed by atoms with Crippen LogP contribution in [0, 0.1) is 0 Å². The molecule has 2 aliphatic rings. The standard InChI is InChI=1S/C19H22F3N3O2/c1-3-13(10-12(2)27-19(20,21)22)14-5-8-23-16(11-14)15-4-6-18(25-15)7-9-24-17(18)26/h3,5,8,10-11,15,25H,4,6-7,9H2,1-2H3,(H,24,26). The number of carbonyl (C=O) groups excluding carboxylic acids is 1. The van der Waals surface area contributed by atoms with Gasteiger partial charge in [-0.05, 0) is 62.5 Å². The highest BCUT2D eigenvalue weighted by atomic mass is 19.4. The number of pyridine rings is 1. The summed E-state index contributed by atoms with van der Waals surface area (Å²) < 4.78 is 41.1. The second-order valence-corrected chi connectivity index (χ2v) is 6.84. The summed E-state index contributed by atoms with van der Waals surface area (Å²) in [5, 5.41) is 6.26. The Morgan fingerprint density at radius 2 is 2.19 bits per heavy atom. The lowest BCUT2D eigenvalue weighted by molar-refractivity contribution is -0.305. The molecule has 1 aromatic heterocycles. The van der Waals surface area contributed by atoms with E-state index in [2.05, 4.69) is 20.4 Å². The number of nitrogens with zero attached hydrogens (tertiary/aromatic N) is 1. The third kappa shape index (κ3) is 4.32. The van der Waals surface area contributed by atoms with Crippen LogP contribution in [0.15, 0.2) is 36.2 Å². The van der Waals surface area contributed by atoms with Crippen LogP contribution >= 0.6 is 0 Å². The monoisotopic (exact) mass is 381 g/mol. The molecule has 2 atom stereocenters. The van der Waals surface area contributed by atoms with Crippen molar-refractivity contribution in [2.45, 2.75) is 51.1 Å². The molecule has 2 N–H and O–H groups in total. The predicted octanol–water partition coefficient (Wildman–Crippen LogP) is 3.61. The van der Waals surface area contributed by atoms with E-state index in [0.717, 1.165) is 30.5 Å². The Bertz CT molecular complexity index is 789. The molecule has 0 saturated carbocycles. The molecule has 3 rings (SSSR count). The van der Waals surface area contributed by atoms with Crippen LogP contribution in [0.3, 0.4) is 0 Å². The second kappa shape index (κ2) is 7.34. The molecule has 8 heteroatoms. The maximum atomic E-state index is 12.4. The number of hydrogen-bond donors (Lipinski definition) is 2. The van der Waals surface area contributed by atoms with Crippen molar-refractivity contribution in [3.05, 3.63) is 47.5 Å². The lowest BCUT2D eigenvalue weighted by Gasteiger charge is -2.22. The molecule has 5 nitrogen and oxygen atoms in total. The second-order valence-electron chi connectivity index (χ2n) is 6.84. The normalized spacial score (nSPS) is 26.6. The molecule has 2 unspecified atom stereocenters. The van der Waals surface area contributed by atoms with Crippen molar-refractivity contribution in [2.75, 3.05) is 6.54 Å². The van der Waals surface area contributed by atoms with Crippen LogP contribution in [0.25, 0.3) is 5.57 Å². The Kier molecular flexibility index (Phi) is 5.28. The molecule has 3 heterocycles. The van der Waals surface area contributed by atoms with Crippen molar-refractivity contribution >= 4 is 11.5 Å². The number of hydrogen-bond acceptors (Lipinski definition) is 4. The zero-order valence-electron chi connectivity index (χ0n) is 15.2. The molecule has 27 heavy (non-hydrogen) atoms. The highest BCUT2D eigenvalue weighted by Crippen LogP contribution is 2.37.